The third-order valence-corrected chi connectivity index (χ3v) is 4.14. The molecule has 1 N–H and O–H groups in total. The minimum atomic E-state index is -3.03. The van der Waals surface area contributed by atoms with Gasteiger partial charge in [-0.2, -0.15) is 22.8 Å². The number of halogens is 4. The molecule has 0 spiro atoms. The molecule has 0 atom stereocenters. The molecule has 0 fully saturated rings. The third kappa shape index (κ3) is 6.73. The van der Waals surface area contributed by atoms with Gasteiger partial charge in [0.05, 0.1) is 7.11 Å². The smallest absolute Gasteiger partial charge is 0.387 e. The first-order valence-electron chi connectivity index (χ1n) is 7.93. The van der Waals surface area contributed by atoms with Crippen molar-refractivity contribution in [3.63, 3.8) is 0 Å². The Balaban J connectivity index is 2.16. The van der Waals surface area contributed by atoms with E-state index in [4.69, 9.17) is 4.74 Å². The summed E-state index contributed by atoms with van der Waals surface area (Å²) in [5.41, 5.74) is 0.396. The first-order chi connectivity index (χ1) is 13.8. The van der Waals surface area contributed by atoms with Crippen LogP contribution < -0.4 is 14.8 Å². The lowest BCUT2D eigenvalue weighted by molar-refractivity contribution is -0.112. The molecule has 2 rings (SSSR count). The first-order valence-corrected chi connectivity index (χ1v) is 8.81. The van der Waals surface area contributed by atoms with E-state index in [2.05, 4.69) is 10.1 Å². The number of rotatable bonds is 8. The number of ether oxygens (including phenoxy) is 2. The molecule has 0 bridgehead atoms. The highest BCUT2D eigenvalue weighted by Gasteiger charge is 2.13. The summed E-state index contributed by atoms with van der Waals surface area (Å²) in [5.74, 6) is -3.47. The van der Waals surface area contributed by atoms with Gasteiger partial charge in [-0.15, -0.1) is 0 Å². The molecule has 0 aliphatic carbocycles. The van der Waals surface area contributed by atoms with E-state index >= 15 is 0 Å². The summed E-state index contributed by atoms with van der Waals surface area (Å²) in [6.45, 7) is -3.03. The van der Waals surface area contributed by atoms with Gasteiger partial charge in [-0.3, -0.25) is 4.79 Å². The molecule has 0 radical (unpaired) electrons. The predicted molar refractivity (Wildman–Crippen MR) is 100 cm³/mol. The summed E-state index contributed by atoms with van der Waals surface area (Å²) in [6, 6.07) is 11.4. The van der Waals surface area contributed by atoms with E-state index in [1.165, 1.54) is 55.7 Å². The van der Waals surface area contributed by atoms with Gasteiger partial charge in [-0.05, 0) is 48.0 Å². The molecular formula is C19H14F4N2O3S. The van der Waals surface area contributed by atoms with Crippen LogP contribution in [0.1, 0.15) is 5.56 Å². The highest BCUT2D eigenvalue weighted by Crippen LogP contribution is 2.30. The molecule has 0 heterocycles. The number of amides is 1. The largest absolute Gasteiger partial charge is 0.493 e. The summed E-state index contributed by atoms with van der Waals surface area (Å²) in [7, 11) is 1.26. The minimum Gasteiger partial charge on any atom is -0.493 e. The van der Waals surface area contributed by atoms with Crippen LogP contribution in [0.5, 0.6) is 11.5 Å². The maximum absolute atomic E-state index is 12.4. The summed E-state index contributed by atoms with van der Waals surface area (Å²) in [4.78, 5) is 12.6. The Morgan fingerprint density at radius 2 is 1.83 bits per heavy atom. The van der Waals surface area contributed by atoms with E-state index in [1.807, 2.05) is 0 Å². The molecule has 1 amide bonds. The van der Waals surface area contributed by atoms with Crippen LogP contribution in [-0.2, 0) is 4.79 Å². The maximum Gasteiger partial charge on any atom is 0.387 e. The number of carbonyl (C=O) groups is 1. The number of nitrogens with zero attached hydrogens (tertiary/aromatic N) is 1. The molecule has 152 valence electrons. The van der Waals surface area contributed by atoms with E-state index in [0.29, 0.717) is 27.9 Å². The van der Waals surface area contributed by atoms with E-state index in [-0.39, 0.29) is 17.1 Å². The van der Waals surface area contributed by atoms with Crippen LogP contribution in [0.2, 0.25) is 0 Å². The molecule has 29 heavy (non-hydrogen) atoms. The number of benzene rings is 2. The van der Waals surface area contributed by atoms with Crippen molar-refractivity contribution in [2.45, 2.75) is 17.3 Å². The standard InChI is InChI=1S/C19H14F4N2O3S/c1-27-16-9-11(2-7-15(16)28-18(20)21)8-12(10-24)17(26)25-13-3-5-14(6-4-13)29-19(22)23/h2-9,18-19H,1H3,(H,25,26). The normalized spacial score (nSPS) is 11.3. The highest BCUT2D eigenvalue weighted by atomic mass is 32.2. The Hall–Kier alpha value is -3.19. The van der Waals surface area contributed by atoms with Gasteiger partial charge in [0.25, 0.3) is 11.7 Å². The zero-order valence-electron chi connectivity index (χ0n) is 14.9. The van der Waals surface area contributed by atoms with Gasteiger partial charge in [0.1, 0.15) is 11.6 Å². The van der Waals surface area contributed by atoms with Crippen molar-refractivity contribution in [3.8, 4) is 17.6 Å². The second-order valence-corrected chi connectivity index (χ2v) is 6.38. The lowest BCUT2D eigenvalue weighted by Gasteiger charge is -2.10. The maximum atomic E-state index is 12.4. The Kier molecular flexibility index (Phi) is 7.91. The molecule has 0 aliphatic heterocycles. The van der Waals surface area contributed by atoms with E-state index in [9.17, 15) is 27.6 Å². The van der Waals surface area contributed by atoms with Crippen molar-refractivity contribution in [1.82, 2.24) is 0 Å². The van der Waals surface area contributed by atoms with Crippen LogP contribution in [0.3, 0.4) is 0 Å². The quantitative estimate of drug-likeness (QED) is 0.273. The minimum absolute atomic E-state index is 0.00358. The SMILES string of the molecule is COc1cc(C=C(C#N)C(=O)Nc2ccc(SC(F)F)cc2)ccc1OC(F)F. The monoisotopic (exact) mass is 426 g/mol. The fraction of sp³-hybridized carbons (Fsp3) is 0.158. The highest BCUT2D eigenvalue weighted by molar-refractivity contribution is 7.99. The molecule has 2 aromatic rings. The number of carbonyl (C=O) groups excluding carboxylic acids is 1. The average Bonchev–Trinajstić information content (AvgIpc) is 2.67. The van der Waals surface area contributed by atoms with Crippen molar-refractivity contribution >= 4 is 29.4 Å². The van der Waals surface area contributed by atoms with Gasteiger partial charge in [0.15, 0.2) is 11.5 Å². The van der Waals surface area contributed by atoms with Crippen molar-refractivity contribution in [2.75, 3.05) is 12.4 Å². The molecular weight excluding hydrogens is 412 g/mol. The Labute approximate surface area is 167 Å². The van der Waals surface area contributed by atoms with E-state index in [0.717, 1.165) is 0 Å². The number of hydrogen-bond donors (Lipinski definition) is 1. The fourth-order valence-electron chi connectivity index (χ4n) is 2.20. The summed E-state index contributed by atoms with van der Waals surface area (Å²) in [6.07, 6.45) is 1.24. The number of methoxy groups -OCH3 is 1. The van der Waals surface area contributed by atoms with Crippen molar-refractivity contribution < 1.29 is 31.8 Å². The number of thioether (sulfide) groups is 1. The molecule has 0 saturated heterocycles. The van der Waals surface area contributed by atoms with E-state index < -0.39 is 18.3 Å². The molecule has 0 saturated carbocycles. The van der Waals surface area contributed by atoms with Crippen molar-refractivity contribution in [3.05, 3.63) is 53.6 Å². The topological polar surface area (TPSA) is 71.3 Å². The van der Waals surface area contributed by atoms with Gasteiger partial charge in [-0.25, -0.2) is 0 Å². The zero-order valence-corrected chi connectivity index (χ0v) is 15.7. The van der Waals surface area contributed by atoms with Crippen molar-refractivity contribution in [1.29, 1.82) is 5.26 Å². The van der Waals surface area contributed by atoms with E-state index in [1.54, 1.807) is 6.07 Å². The molecule has 10 heteroatoms. The second kappa shape index (κ2) is 10.4. The lowest BCUT2D eigenvalue weighted by atomic mass is 10.1. The van der Waals surface area contributed by atoms with Crippen LogP contribution >= 0.6 is 11.8 Å². The summed E-state index contributed by atoms with van der Waals surface area (Å²) in [5, 5.41) is 11.7. The van der Waals surface area contributed by atoms with Crippen LogP contribution in [0.4, 0.5) is 23.2 Å². The number of alkyl halides is 4. The molecule has 0 aliphatic rings. The molecule has 0 unspecified atom stereocenters. The average molecular weight is 426 g/mol. The number of nitriles is 1. The van der Waals surface area contributed by atoms with Crippen LogP contribution in [0.15, 0.2) is 52.9 Å². The van der Waals surface area contributed by atoms with Crippen LogP contribution in [0, 0.1) is 11.3 Å². The Morgan fingerprint density at radius 3 is 2.38 bits per heavy atom. The van der Waals surface area contributed by atoms with Gasteiger partial charge in [0.2, 0.25) is 0 Å². The summed E-state index contributed by atoms with van der Waals surface area (Å²) < 4.78 is 58.7. The zero-order chi connectivity index (χ0) is 21.4. The summed E-state index contributed by atoms with van der Waals surface area (Å²) >= 11 is 0.368. The van der Waals surface area contributed by atoms with Crippen molar-refractivity contribution in [2.24, 2.45) is 0 Å². The predicted octanol–water partition coefficient (Wildman–Crippen LogP) is 5.16. The Bertz CT molecular complexity index is 928. The fourth-order valence-corrected chi connectivity index (χ4v) is 2.70. The number of hydrogen-bond acceptors (Lipinski definition) is 5. The number of anilines is 1. The van der Waals surface area contributed by atoms with Gasteiger partial charge in [-0.1, -0.05) is 17.8 Å². The van der Waals surface area contributed by atoms with Gasteiger partial charge >= 0.3 is 6.61 Å². The third-order valence-electron chi connectivity index (χ3n) is 3.42. The Morgan fingerprint density at radius 1 is 1.14 bits per heavy atom. The molecule has 2 aromatic carbocycles. The van der Waals surface area contributed by atoms with Gasteiger partial charge in [0, 0.05) is 10.6 Å². The molecule has 0 aromatic heterocycles. The number of nitrogens with one attached hydrogen (secondary N) is 1. The first kappa shape index (κ1) is 22.1. The molecule has 5 nitrogen and oxygen atoms in total. The van der Waals surface area contributed by atoms with Gasteiger partial charge < -0.3 is 14.8 Å². The second-order valence-electron chi connectivity index (χ2n) is 5.32. The van der Waals surface area contributed by atoms with Crippen LogP contribution in [-0.4, -0.2) is 25.4 Å². The van der Waals surface area contributed by atoms with Crippen LogP contribution in [0.25, 0.3) is 6.08 Å². The lowest BCUT2D eigenvalue weighted by Crippen LogP contribution is -2.13.